The number of nitrogens with one attached hydrogen (secondary N) is 8. The Kier molecular flexibility index (Phi) is 23.5. The molecule has 6 rings (SSSR count). The summed E-state index contributed by atoms with van der Waals surface area (Å²) in [6.45, 7) is 1.47. The minimum Gasteiger partial charge on any atom is -0.508 e. The largest absolute Gasteiger partial charge is 0.508 e. The average molecular weight is 1150 g/mol. The molecule has 0 fully saturated rings. The van der Waals surface area contributed by atoms with E-state index >= 15 is 0 Å². The van der Waals surface area contributed by atoms with Gasteiger partial charge in [-0.05, 0) is 90.4 Å². The first-order valence-electron chi connectivity index (χ1n) is 26.5. The van der Waals surface area contributed by atoms with E-state index in [4.69, 9.17) is 17.2 Å². The molecule has 430 valence electrons. The summed E-state index contributed by atoms with van der Waals surface area (Å²) in [5.74, 6) is -7.16. The number of hydrogen-bond acceptors (Lipinski definition) is 14. The first-order valence-corrected chi connectivity index (χ1v) is 27.8. The average Bonchev–Trinajstić information content (AvgIpc) is 3.97. The molecule has 0 unspecified atom stereocenters. The highest BCUT2D eigenvalue weighted by Gasteiger charge is 2.36. The third kappa shape index (κ3) is 18.3. The number of para-hydroxylation sites is 1. The Morgan fingerprint density at radius 2 is 1.04 bits per heavy atom. The van der Waals surface area contributed by atoms with Crippen LogP contribution >= 0.6 is 25.3 Å². The van der Waals surface area contributed by atoms with Gasteiger partial charge in [-0.1, -0.05) is 103 Å². The fraction of sp³-hybridized carbons (Fsp3) is 0.345. The van der Waals surface area contributed by atoms with Crippen molar-refractivity contribution >= 4 is 94.2 Å². The molecule has 0 saturated heterocycles. The van der Waals surface area contributed by atoms with Crippen LogP contribution in [0.1, 0.15) is 48.4 Å². The Balaban J connectivity index is 1.20. The topological polar surface area (TPSA) is 355 Å². The number of nitrogens with two attached hydrogens (primary N) is 3. The number of amides is 8. The van der Waals surface area contributed by atoms with Crippen molar-refractivity contribution < 1.29 is 48.6 Å². The Hall–Kier alpha value is -7.96. The predicted octanol–water partition coefficient (Wildman–Crippen LogP) is 0.873. The fourth-order valence-corrected chi connectivity index (χ4v) is 9.54. The van der Waals surface area contributed by atoms with Gasteiger partial charge in [0.25, 0.3) is 0 Å². The second kappa shape index (κ2) is 30.6. The highest BCUT2D eigenvalue weighted by molar-refractivity contribution is 7.80. The zero-order chi connectivity index (χ0) is 58.6. The molecule has 0 aliphatic heterocycles. The minimum absolute atomic E-state index is 0.0184. The number of aromatic amines is 1. The third-order valence-electron chi connectivity index (χ3n) is 13.6. The maximum absolute atomic E-state index is 14.8. The van der Waals surface area contributed by atoms with E-state index in [1.54, 1.807) is 42.6 Å². The van der Waals surface area contributed by atoms with Gasteiger partial charge in [0.05, 0.1) is 12.1 Å². The molecule has 0 radical (unpaired) electrons. The molecule has 0 saturated carbocycles. The van der Waals surface area contributed by atoms with Gasteiger partial charge in [0.15, 0.2) is 0 Å². The number of hydrogen-bond donors (Lipinski definition) is 15. The van der Waals surface area contributed by atoms with Gasteiger partial charge in [0.2, 0.25) is 47.3 Å². The number of aliphatic hydroxyl groups is 1. The number of H-pyrrole nitrogens is 1. The number of aromatic nitrogens is 1. The molecule has 81 heavy (non-hydrogen) atoms. The lowest BCUT2D eigenvalue weighted by Gasteiger charge is -2.28. The SMILES string of the molecule is C[C@@H](O)[C@H](NC(=O)[C@H](CCCCN)NC(=O)[C@@H](Cc1c[nH]c2ccccc12)NC(=O)[C@H](Cc1ccc(O)cc1)NC(=O)[C@H](CS)NC(=O)[C@H](N)Cc1ccccc1)C(=O)N[C@@H](CS)C(=O)N[C@@H](Cc1ccc2ccccc2c1)C(N)=O. The fourth-order valence-electron chi connectivity index (χ4n) is 9.03. The smallest absolute Gasteiger partial charge is 0.245 e. The first-order chi connectivity index (χ1) is 38.9. The van der Waals surface area contributed by atoms with E-state index in [9.17, 15) is 48.6 Å². The second-order valence-corrected chi connectivity index (χ2v) is 20.5. The van der Waals surface area contributed by atoms with Gasteiger partial charge in [-0.15, -0.1) is 0 Å². The third-order valence-corrected chi connectivity index (χ3v) is 14.3. The summed E-state index contributed by atoms with van der Waals surface area (Å²) >= 11 is 8.58. The van der Waals surface area contributed by atoms with Gasteiger partial charge in [0, 0.05) is 47.9 Å². The summed E-state index contributed by atoms with van der Waals surface area (Å²) in [5.41, 5.74) is 21.1. The Bertz CT molecular complexity index is 3130. The van der Waals surface area contributed by atoms with E-state index < -0.39 is 102 Å². The maximum Gasteiger partial charge on any atom is 0.245 e. The van der Waals surface area contributed by atoms with Crippen LogP contribution < -0.4 is 54.4 Å². The number of phenols is 1. The number of fused-ring (bicyclic) bond motifs is 2. The number of aromatic hydroxyl groups is 1. The van der Waals surface area contributed by atoms with Crippen LogP contribution in [-0.4, -0.2) is 135 Å². The minimum atomic E-state index is -1.69. The lowest BCUT2D eigenvalue weighted by Crippen LogP contribution is -2.62. The zero-order valence-corrected chi connectivity index (χ0v) is 46.5. The van der Waals surface area contributed by atoms with Crippen LogP contribution in [0.3, 0.4) is 0 Å². The monoisotopic (exact) mass is 1150 g/mol. The number of primary amides is 1. The van der Waals surface area contributed by atoms with Crippen LogP contribution in [0.5, 0.6) is 5.75 Å². The number of thiol groups is 2. The van der Waals surface area contributed by atoms with E-state index in [-0.39, 0.29) is 55.9 Å². The van der Waals surface area contributed by atoms with Crippen molar-refractivity contribution in [3.05, 3.63) is 150 Å². The molecule has 9 atom stereocenters. The van der Waals surface area contributed by atoms with Gasteiger partial charge in [0.1, 0.15) is 48.0 Å². The van der Waals surface area contributed by atoms with Gasteiger partial charge in [-0.25, -0.2) is 0 Å². The Morgan fingerprint density at radius 1 is 0.531 bits per heavy atom. The molecule has 0 spiro atoms. The van der Waals surface area contributed by atoms with Crippen LogP contribution in [0.25, 0.3) is 21.7 Å². The van der Waals surface area contributed by atoms with Crippen molar-refractivity contribution in [3.63, 3.8) is 0 Å². The summed E-state index contributed by atoms with van der Waals surface area (Å²) in [6, 6.07) is 24.6. The molecule has 0 aliphatic carbocycles. The molecule has 23 heteroatoms. The number of carbonyl (C=O) groups is 8. The van der Waals surface area contributed by atoms with Crippen LogP contribution in [0.15, 0.2) is 128 Å². The molecule has 21 nitrogen and oxygen atoms in total. The van der Waals surface area contributed by atoms with Gasteiger partial charge in [-0.3, -0.25) is 38.4 Å². The highest BCUT2D eigenvalue weighted by Crippen LogP contribution is 2.21. The van der Waals surface area contributed by atoms with Crippen LogP contribution in [-0.2, 0) is 64.0 Å². The van der Waals surface area contributed by atoms with Crippen molar-refractivity contribution in [1.82, 2.24) is 42.2 Å². The van der Waals surface area contributed by atoms with Crippen LogP contribution in [0, 0.1) is 0 Å². The van der Waals surface area contributed by atoms with Crippen LogP contribution in [0.4, 0.5) is 0 Å². The summed E-state index contributed by atoms with van der Waals surface area (Å²) in [4.78, 5) is 114. The lowest BCUT2D eigenvalue weighted by atomic mass is 10.0. The number of carbonyl (C=O) groups excluding carboxylic acids is 8. The number of unbranched alkanes of at least 4 members (excludes halogenated alkanes) is 1. The van der Waals surface area contributed by atoms with Crippen molar-refractivity contribution in [3.8, 4) is 5.75 Å². The van der Waals surface area contributed by atoms with Gasteiger partial charge in [-0.2, -0.15) is 25.3 Å². The number of phenolic OH excluding ortho intramolecular Hbond substituents is 1. The summed E-state index contributed by atoms with van der Waals surface area (Å²) in [7, 11) is 0. The molecule has 0 aliphatic rings. The Morgan fingerprint density at radius 3 is 1.67 bits per heavy atom. The molecular formula is C58H71N11O10S2. The summed E-state index contributed by atoms with van der Waals surface area (Å²) in [6.07, 6.45) is 0.751. The molecule has 6 aromatic rings. The molecule has 1 aromatic heterocycles. The van der Waals surface area contributed by atoms with Gasteiger partial charge < -0.3 is 69.6 Å². The normalized spacial score (nSPS) is 14.6. The molecule has 0 bridgehead atoms. The predicted molar refractivity (Wildman–Crippen MR) is 315 cm³/mol. The van der Waals surface area contributed by atoms with E-state index in [0.717, 1.165) is 27.2 Å². The maximum atomic E-state index is 14.8. The van der Waals surface area contributed by atoms with Crippen molar-refractivity contribution in [2.75, 3.05) is 18.1 Å². The molecule has 5 aromatic carbocycles. The first kappa shape index (κ1) is 62.2. The quantitative estimate of drug-likeness (QED) is 0.0221. The zero-order valence-electron chi connectivity index (χ0n) is 44.7. The molecular weight excluding hydrogens is 1070 g/mol. The Labute approximate surface area is 479 Å². The van der Waals surface area contributed by atoms with E-state index in [0.29, 0.717) is 29.5 Å². The lowest BCUT2D eigenvalue weighted by molar-refractivity contribution is -0.136. The summed E-state index contributed by atoms with van der Waals surface area (Å²) in [5, 5.41) is 42.0. The second-order valence-electron chi connectivity index (χ2n) is 19.8. The molecule has 8 amide bonds. The number of aliphatic hydroxyl groups excluding tert-OH is 1. The molecule has 16 N–H and O–H groups in total. The van der Waals surface area contributed by atoms with Crippen molar-refractivity contribution in [1.29, 1.82) is 0 Å². The van der Waals surface area contributed by atoms with E-state index in [1.807, 2.05) is 72.8 Å². The van der Waals surface area contributed by atoms with Crippen molar-refractivity contribution in [2.24, 2.45) is 17.2 Å². The number of benzene rings is 5. The van der Waals surface area contributed by atoms with Gasteiger partial charge >= 0.3 is 0 Å². The van der Waals surface area contributed by atoms with E-state index in [1.165, 1.54) is 19.1 Å². The highest BCUT2D eigenvalue weighted by atomic mass is 32.1. The molecule has 1 heterocycles. The van der Waals surface area contributed by atoms with Crippen LogP contribution in [0.2, 0.25) is 0 Å². The summed E-state index contributed by atoms with van der Waals surface area (Å²) < 4.78 is 0. The van der Waals surface area contributed by atoms with E-state index in [2.05, 4.69) is 67.5 Å². The number of rotatable bonds is 30. The standard InChI is InChI=1S/C58H71N11O10S2/c1-33(70)50(58(79)68-49(32-81)56(77)64-45(51(61)72)28-36-18-21-37-13-5-6-14-38(37)25-36)69-53(74)44(17-9-10-24-59)63-55(76)47(29-39-30-62-43-16-8-7-15-41(39)43)66-54(75)46(27-35-19-22-40(71)23-20-35)65-57(78)48(31-80)67-52(73)42(60)26-34-11-3-2-4-12-34/h2-8,11-16,18-23,25,30,33,42,44-50,62,70-71,80-81H,9-10,17,24,26-29,31-32,59-60H2,1H3,(H2,61,72)(H,63,76)(H,64,77)(H,65,78)(H,66,75)(H,67,73)(H,68,79)(H,69,74)/t33-,42-,44+,45+,46+,47-,48+,49+,50+/m1/s1. The van der Waals surface area contributed by atoms with Crippen molar-refractivity contribution in [2.45, 2.75) is 106 Å².